The van der Waals surface area contributed by atoms with Crippen LogP contribution in [-0.2, 0) is 14.3 Å². The molecule has 1 N–H and O–H groups in total. The molecule has 0 heterocycles. The molecule has 0 bridgehead atoms. The summed E-state index contributed by atoms with van der Waals surface area (Å²) in [6.07, 6.45) is -0.866. The normalized spacial score (nSPS) is 11.6. The smallest absolute Gasteiger partial charge is 0.317 e. The highest BCUT2D eigenvalue weighted by molar-refractivity contribution is 8.00. The van der Waals surface area contributed by atoms with Gasteiger partial charge >= 0.3 is 5.97 Å². The molecule has 0 saturated heterocycles. The van der Waals surface area contributed by atoms with Gasteiger partial charge in [-0.2, -0.15) is 0 Å². The van der Waals surface area contributed by atoms with Crippen LogP contribution in [0.3, 0.4) is 0 Å². The summed E-state index contributed by atoms with van der Waals surface area (Å²) in [5.74, 6) is -0.661. The SMILES string of the molecule is CC(OC(=O)CSc1ccccc1)C(=O)Nc1ccc(Cl)cc1. The van der Waals surface area contributed by atoms with Crippen LogP contribution in [0.15, 0.2) is 59.5 Å². The van der Waals surface area contributed by atoms with Crippen LogP contribution in [0.25, 0.3) is 0 Å². The van der Waals surface area contributed by atoms with Gasteiger partial charge in [-0.1, -0.05) is 29.8 Å². The van der Waals surface area contributed by atoms with E-state index in [9.17, 15) is 9.59 Å². The number of thioether (sulfide) groups is 1. The molecule has 0 aromatic heterocycles. The highest BCUT2D eigenvalue weighted by atomic mass is 35.5. The van der Waals surface area contributed by atoms with E-state index >= 15 is 0 Å². The molecule has 2 rings (SSSR count). The Kier molecular flexibility index (Phi) is 6.50. The Morgan fingerprint density at radius 1 is 1.13 bits per heavy atom. The molecule has 4 nitrogen and oxygen atoms in total. The third-order valence-corrected chi connectivity index (χ3v) is 4.13. The van der Waals surface area contributed by atoms with Gasteiger partial charge in [0.2, 0.25) is 0 Å². The zero-order valence-electron chi connectivity index (χ0n) is 12.5. The molecule has 120 valence electrons. The van der Waals surface area contributed by atoms with E-state index in [1.54, 1.807) is 24.3 Å². The summed E-state index contributed by atoms with van der Waals surface area (Å²) in [6, 6.07) is 16.2. The van der Waals surface area contributed by atoms with E-state index in [-0.39, 0.29) is 11.7 Å². The number of esters is 1. The minimum absolute atomic E-state index is 0.155. The Balaban J connectivity index is 1.78. The first kappa shape index (κ1) is 17.4. The van der Waals surface area contributed by atoms with Crippen molar-refractivity contribution in [3.8, 4) is 0 Å². The highest BCUT2D eigenvalue weighted by Gasteiger charge is 2.18. The number of nitrogens with one attached hydrogen (secondary N) is 1. The molecule has 0 aliphatic heterocycles. The van der Waals surface area contributed by atoms with Crippen molar-refractivity contribution in [3.63, 3.8) is 0 Å². The number of hydrogen-bond acceptors (Lipinski definition) is 4. The van der Waals surface area contributed by atoms with E-state index in [2.05, 4.69) is 5.32 Å². The van der Waals surface area contributed by atoms with Crippen LogP contribution in [0.1, 0.15) is 6.92 Å². The average molecular weight is 350 g/mol. The third-order valence-electron chi connectivity index (χ3n) is 2.89. The van der Waals surface area contributed by atoms with Gasteiger partial charge < -0.3 is 10.1 Å². The fourth-order valence-corrected chi connectivity index (χ4v) is 2.55. The lowest BCUT2D eigenvalue weighted by Gasteiger charge is -2.13. The quantitative estimate of drug-likeness (QED) is 0.632. The first-order valence-corrected chi connectivity index (χ1v) is 8.35. The van der Waals surface area contributed by atoms with E-state index in [4.69, 9.17) is 16.3 Å². The van der Waals surface area contributed by atoms with Gasteiger partial charge in [-0.15, -0.1) is 11.8 Å². The van der Waals surface area contributed by atoms with Crippen molar-refractivity contribution in [2.75, 3.05) is 11.1 Å². The highest BCUT2D eigenvalue weighted by Crippen LogP contribution is 2.17. The monoisotopic (exact) mass is 349 g/mol. The summed E-state index contributed by atoms with van der Waals surface area (Å²) in [7, 11) is 0. The zero-order chi connectivity index (χ0) is 16.7. The van der Waals surface area contributed by atoms with Crippen molar-refractivity contribution in [2.45, 2.75) is 17.9 Å². The minimum atomic E-state index is -0.866. The molecule has 1 atom stereocenters. The van der Waals surface area contributed by atoms with Crippen LogP contribution in [0, 0.1) is 0 Å². The van der Waals surface area contributed by atoms with Crippen molar-refractivity contribution in [3.05, 3.63) is 59.6 Å². The minimum Gasteiger partial charge on any atom is -0.452 e. The Hall–Kier alpha value is -1.98. The van der Waals surface area contributed by atoms with Crippen LogP contribution < -0.4 is 5.32 Å². The summed E-state index contributed by atoms with van der Waals surface area (Å²) < 4.78 is 5.13. The maximum atomic E-state index is 12.0. The van der Waals surface area contributed by atoms with Crippen LogP contribution in [0.5, 0.6) is 0 Å². The lowest BCUT2D eigenvalue weighted by atomic mass is 10.3. The van der Waals surface area contributed by atoms with Gasteiger partial charge in [-0.05, 0) is 43.3 Å². The van der Waals surface area contributed by atoms with Gasteiger partial charge in [0, 0.05) is 15.6 Å². The van der Waals surface area contributed by atoms with Gasteiger partial charge in [-0.25, -0.2) is 0 Å². The molecule has 0 fully saturated rings. The molecule has 0 aliphatic rings. The van der Waals surface area contributed by atoms with Crippen molar-refractivity contribution in [2.24, 2.45) is 0 Å². The molecule has 0 spiro atoms. The van der Waals surface area contributed by atoms with E-state index in [1.807, 2.05) is 30.3 Å². The molecule has 1 amide bonds. The Labute approximate surface area is 144 Å². The van der Waals surface area contributed by atoms with Gasteiger partial charge in [0.15, 0.2) is 6.10 Å². The van der Waals surface area contributed by atoms with Gasteiger partial charge in [0.1, 0.15) is 0 Å². The summed E-state index contributed by atoms with van der Waals surface area (Å²) >= 11 is 7.15. The Morgan fingerprint density at radius 3 is 2.43 bits per heavy atom. The van der Waals surface area contributed by atoms with E-state index in [0.717, 1.165) is 4.90 Å². The molecular weight excluding hydrogens is 334 g/mol. The Bertz CT molecular complexity index is 661. The van der Waals surface area contributed by atoms with Gasteiger partial charge in [0.05, 0.1) is 5.75 Å². The lowest BCUT2D eigenvalue weighted by molar-refractivity contribution is -0.150. The molecule has 0 radical (unpaired) electrons. The predicted octanol–water partition coefficient (Wildman–Crippen LogP) is 4.00. The van der Waals surface area contributed by atoms with Gasteiger partial charge in [0.25, 0.3) is 5.91 Å². The van der Waals surface area contributed by atoms with Crippen LogP contribution >= 0.6 is 23.4 Å². The molecule has 0 aliphatic carbocycles. The van der Waals surface area contributed by atoms with Crippen molar-refractivity contribution >= 4 is 40.9 Å². The number of hydrogen-bond donors (Lipinski definition) is 1. The summed E-state index contributed by atoms with van der Waals surface area (Å²) in [5, 5.41) is 3.25. The number of benzene rings is 2. The first-order chi connectivity index (χ1) is 11.0. The molecule has 6 heteroatoms. The second kappa shape index (κ2) is 8.60. The number of anilines is 1. The number of rotatable bonds is 6. The van der Waals surface area contributed by atoms with Crippen LogP contribution in [0.4, 0.5) is 5.69 Å². The zero-order valence-corrected chi connectivity index (χ0v) is 14.1. The van der Waals surface area contributed by atoms with Crippen molar-refractivity contribution in [1.82, 2.24) is 0 Å². The topological polar surface area (TPSA) is 55.4 Å². The molecule has 0 saturated carbocycles. The fraction of sp³-hybridized carbons (Fsp3) is 0.176. The van der Waals surface area contributed by atoms with Crippen molar-refractivity contribution in [1.29, 1.82) is 0 Å². The average Bonchev–Trinajstić information content (AvgIpc) is 2.56. The standard InChI is InChI=1S/C17H16ClNO3S/c1-12(17(21)19-14-9-7-13(18)8-10-14)22-16(20)11-23-15-5-3-2-4-6-15/h2-10,12H,11H2,1H3,(H,19,21). The fourth-order valence-electron chi connectivity index (χ4n) is 1.72. The molecule has 1 unspecified atom stereocenters. The number of carbonyl (C=O) groups excluding carboxylic acids is 2. The number of carbonyl (C=O) groups is 2. The Morgan fingerprint density at radius 2 is 1.78 bits per heavy atom. The number of ether oxygens (including phenoxy) is 1. The largest absolute Gasteiger partial charge is 0.452 e. The molecule has 23 heavy (non-hydrogen) atoms. The number of amides is 1. The molecular formula is C17H16ClNO3S. The molecule has 2 aromatic carbocycles. The maximum absolute atomic E-state index is 12.0. The second-order valence-corrected chi connectivity index (χ2v) is 6.22. The van der Waals surface area contributed by atoms with Gasteiger partial charge in [-0.3, -0.25) is 9.59 Å². The lowest BCUT2D eigenvalue weighted by Crippen LogP contribution is -2.30. The van der Waals surface area contributed by atoms with E-state index in [1.165, 1.54) is 18.7 Å². The maximum Gasteiger partial charge on any atom is 0.317 e. The van der Waals surface area contributed by atoms with E-state index < -0.39 is 12.1 Å². The number of halogens is 1. The molecule has 2 aromatic rings. The summed E-state index contributed by atoms with van der Waals surface area (Å²) in [4.78, 5) is 24.7. The van der Waals surface area contributed by atoms with Crippen molar-refractivity contribution < 1.29 is 14.3 Å². The second-order valence-electron chi connectivity index (χ2n) is 4.73. The summed E-state index contributed by atoms with van der Waals surface area (Å²) in [5.41, 5.74) is 0.598. The van der Waals surface area contributed by atoms with E-state index in [0.29, 0.717) is 10.7 Å². The van der Waals surface area contributed by atoms with Crippen LogP contribution in [-0.4, -0.2) is 23.7 Å². The third kappa shape index (κ3) is 5.96. The first-order valence-electron chi connectivity index (χ1n) is 6.98. The predicted molar refractivity (Wildman–Crippen MR) is 92.8 cm³/mol. The summed E-state index contributed by atoms with van der Waals surface area (Å²) in [6.45, 7) is 1.54. The van der Waals surface area contributed by atoms with Crippen LogP contribution in [0.2, 0.25) is 5.02 Å².